The lowest BCUT2D eigenvalue weighted by Gasteiger charge is -2.18. The number of rotatable bonds is 6. The molecule has 1 aliphatic heterocycles. The molecule has 13 heteroatoms. The van der Waals surface area contributed by atoms with Crippen molar-refractivity contribution >= 4 is 32.7 Å². The molecule has 0 radical (unpaired) electrons. The topological polar surface area (TPSA) is 122 Å². The van der Waals surface area contributed by atoms with Crippen molar-refractivity contribution in [2.45, 2.75) is 35.1 Å². The number of nitrogens with one attached hydrogen (secondary N) is 1. The van der Waals surface area contributed by atoms with E-state index in [1.165, 1.54) is 6.08 Å². The van der Waals surface area contributed by atoms with Crippen LogP contribution in [0.25, 0.3) is 4.91 Å². The molecule has 1 unspecified atom stereocenters. The maximum absolute atomic E-state index is 12.8. The minimum atomic E-state index is -4.81. The zero-order chi connectivity index (χ0) is 21.7. The first-order valence-electron chi connectivity index (χ1n) is 8.62. The fourth-order valence-corrected chi connectivity index (χ4v) is 6.40. The third kappa shape index (κ3) is 3.72. The normalized spacial score (nSPS) is 26.4. The van der Waals surface area contributed by atoms with E-state index in [-0.39, 0.29) is 23.6 Å². The fraction of sp³-hybridized carbons (Fsp3) is 0.353. The number of benzene rings is 1. The first-order chi connectivity index (χ1) is 14.0. The molecule has 4 rings (SSSR count). The monoisotopic (exact) mass is 461 g/mol. The summed E-state index contributed by atoms with van der Waals surface area (Å²) in [5, 5.41) is 12.9. The van der Waals surface area contributed by atoms with E-state index < -0.39 is 44.1 Å². The Hall–Kier alpha value is -2.38. The Morgan fingerprint density at radius 2 is 2.00 bits per heavy atom. The van der Waals surface area contributed by atoms with E-state index in [4.69, 9.17) is 0 Å². The van der Waals surface area contributed by atoms with Crippen molar-refractivity contribution in [1.82, 2.24) is 14.9 Å². The zero-order valence-electron chi connectivity index (χ0n) is 15.0. The van der Waals surface area contributed by atoms with Crippen LogP contribution in [0, 0.1) is 0 Å². The second-order valence-electron chi connectivity index (χ2n) is 6.86. The average molecular weight is 461 g/mol. The van der Waals surface area contributed by atoms with Crippen molar-refractivity contribution in [2.24, 2.45) is 0 Å². The molecule has 0 saturated heterocycles. The highest BCUT2D eigenvalue weighted by Crippen LogP contribution is 2.53. The summed E-state index contributed by atoms with van der Waals surface area (Å²) < 4.78 is 68.9. The molecule has 2 heterocycles. The van der Waals surface area contributed by atoms with E-state index in [0.29, 0.717) is 5.56 Å². The summed E-state index contributed by atoms with van der Waals surface area (Å²) in [6.07, 6.45) is -3.37. The maximum Gasteiger partial charge on any atom is 0.471 e. The molecule has 0 spiro atoms. The molecular weight excluding hydrogens is 447 g/mol. The molecule has 160 valence electrons. The van der Waals surface area contributed by atoms with E-state index in [9.17, 15) is 31.5 Å². The second kappa shape index (κ2) is 7.10. The Morgan fingerprint density at radius 3 is 2.60 bits per heavy atom. The van der Waals surface area contributed by atoms with Crippen LogP contribution in [0.1, 0.15) is 36.0 Å². The van der Waals surface area contributed by atoms with Gasteiger partial charge in [-0.05, 0) is 18.4 Å². The second-order valence-corrected chi connectivity index (χ2v) is 10.3. The Labute approximate surface area is 172 Å². The van der Waals surface area contributed by atoms with Crippen molar-refractivity contribution in [3.05, 3.63) is 53.7 Å². The predicted octanol–water partition coefficient (Wildman–Crippen LogP) is 2.82. The van der Waals surface area contributed by atoms with Crippen LogP contribution in [0.3, 0.4) is 0 Å². The molecule has 1 aliphatic carbocycles. The van der Waals surface area contributed by atoms with E-state index in [2.05, 4.69) is 19.4 Å². The van der Waals surface area contributed by atoms with Crippen LogP contribution in [0.15, 0.2) is 40.9 Å². The number of sulfonamides is 1. The van der Waals surface area contributed by atoms with Crippen LogP contribution in [0.4, 0.5) is 13.2 Å². The summed E-state index contributed by atoms with van der Waals surface area (Å²) in [5.41, 5.74) is -0.953. The van der Waals surface area contributed by atoms with Crippen LogP contribution >= 0.6 is 11.8 Å². The van der Waals surface area contributed by atoms with Gasteiger partial charge in [0.1, 0.15) is 10.1 Å². The smallest absolute Gasteiger partial charge is 0.471 e. The van der Waals surface area contributed by atoms with Crippen molar-refractivity contribution in [1.29, 1.82) is 0 Å². The lowest BCUT2D eigenvalue weighted by atomic mass is 10.1. The number of halogens is 3. The van der Waals surface area contributed by atoms with Crippen LogP contribution in [0.2, 0.25) is 0 Å². The zero-order valence-corrected chi connectivity index (χ0v) is 16.6. The molecule has 1 fully saturated rings. The number of carboxylic acid groups (broad SMARTS) is 1. The molecule has 1 aromatic heterocycles. The van der Waals surface area contributed by atoms with Crippen LogP contribution in [-0.2, 0) is 21.0 Å². The highest BCUT2D eigenvalue weighted by Gasteiger charge is 2.63. The lowest BCUT2D eigenvalue weighted by Crippen LogP contribution is -2.47. The molecule has 3 atom stereocenters. The van der Waals surface area contributed by atoms with E-state index in [1.54, 1.807) is 30.3 Å². The quantitative estimate of drug-likeness (QED) is 0.673. The number of aromatic nitrogens is 2. The van der Waals surface area contributed by atoms with Crippen molar-refractivity contribution in [2.75, 3.05) is 0 Å². The number of nitrogens with zero attached hydrogens (tertiary/aromatic N) is 2. The highest BCUT2D eigenvalue weighted by atomic mass is 32.3. The summed E-state index contributed by atoms with van der Waals surface area (Å²) in [7, 11) is -4.13. The molecule has 0 bridgehead atoms. The van der Waals surface area contributed by atoms with Crippen LogP contribution in [-0.4, -0.2) is 39.8 Å². The first kappa shape index (κ1) is 20.9. The SMILES string of the molecule is O=C(O)[C@]1(NS(=O)(=O)C2CC=C(c3noc(C(F)(F)F)n3)S2)C[C@@H]1c1ccccc1. The average Bonchev–Trinajstić information content (AvgIpc) is 3.05. The van der Waals surface area contributed by atoms with Gasteiger partial charge in [0.15, 0.2) is 0 Å². The van der Waals surface area contributed by atoms with Crippen LogP contribution < -0.4 is 4.72 Å². The van der Waals surface area contributed by atoms with Gasteiger partial charge < -0.3 is 9.63 Å². The first-order valence-corrected chi connectivity index (χ1v) is 11.0. The maximum atomic E-state index is 12.8. The van der Waals surface area contributed by atoms with Gasteiger partial charge in [0, 0.05) is 5.92 Å². The van der Waals surface area contributed by atoms with Gasteiger partial charge in [0.2, 0.25) is 15.8 Å². The number of allylic oxidation sites excluding steroid dienone is 1. The molecule has 1 aromatic carbocycles. The third-order valence-electron chi connectivity index (χ3n) is 4.86. The standard InChI is InChI=1S/C17H14F3N3O5S2/c18-17(19,20)14-21-13(22-28-14)11-6-7-12(29-11)30(26,27)23-16(15(24)25)8-10(16)9-4-2-1-3-5-9/h1-6,10,12,23H,7-8H2,(H,24,25)/t10-,12?,16+/m1/s1. The number of hydrogen-bond acceptors (Lipinski definition) is 7. The largest absolute Gasteiger partial charge is 0.480 e. The van der Waals surface area contributed by atoms with Gasteiger partial charge in [-0.1, -0.05) is 41.6 Å². The summed E-state index contributed by atoms with van der Waals surface area (Å²) in [6.45, 7) is 0. The van der Waals surface area contributed by atoms with Crippen molar-refractivity contribution < 1.29 is 36.0 Å². The van der Waals surface area contributed by atoms with Gasteiger partial charge in [-0.3, -0.25) is 4.79 Å². The molecular formula is C17H14F3N3O5S2. The third-order valence-corrected chi connectivity index (χ3v) is 8.50. The summed E-state index contributed by atoms with van der Waals surface area (Å²) in [4.78, 5) is 15.2. The molecule has 8 nitrogen and oxygen atoms in total. The number of aliphatic carboxylic acids is 1. The number of carboxylic acids is 1. The van der Waals surface area contributed by atoms with Gasteiger partial charge in [-0.25, -0.2) is 8.42 Å². The van der Waals surface area contributed by atoms with Gasteiger partial charge in [0.05, 0.1) is 4.91 Å². The molecule has 2 N–H and O–H groups in total. The summed E-state index contributed by atoms with van der Waals surface area (Å²) >= 11 is 0.737. The Morgan fingerprint density at radius 1 is 1.30 bits per heavy atom. The Bertz CT molecular complexity index is 1120. The van der Waals surface area contributed by atoms with E-state index in [1.807, 2.05) is 0 Å². The summed E-state index contributed by atoms with van der Waals surface area (Å²) in [5.74, 6) is -3.70. The minimum absolute atomic E-state index is 0.0447. The van der Waals surface area contributed by atoms with Crippen molar-refractivity contribution in [3.63, 3.8) is 0 Å². The molecule has 0 amide bonds. The van der Waals surface area contributed by atoms with Crippen molar-refractivity contribution in [3.8, 4) is 0 Å². The molecule has 2 aliphatic rings. The lowest BCUT2D eigenvalue weighted by molar-refractivity contribution is -0.159. The van der Waals surface area contributed by atoms with Gasteiger partial charge in [0.25, 0.3) is 0 Å². The Kier molecular flexibility index (Phi) is 4.94. The molecule has 2 aromatic rings. The predicted molar refractivity (Wildman–Crippen MR) is 99.5 cm³/mol. The van der Waals surface area contributed by atoms with E-state index >= 15 is 0 Å². The number of carbonyl (C=O) groups is 1. The molecule has 1 saturated carbocycles. The number of alkyl halides is 3. The minimum Gasteiger partial charge on any atom is -0.480 e. The highest BCUT2D eigenvalue weighted by molar-refractivity contribution is 8.18. The number of thioether (sulfide) groups is 1. The summed E-state index contributed by atoms with van der Waals surface area (Å²) in [6, 6.07) is 8.68. The van der Waals surface area contributed by atoms with E-state index in [0.717, 1.165) is 11.8 Å². The van der Waals surface area contributed by atoms with Crippen LogP contribution in [0.5, 0.6) is 0 Å². The Balaban J connectivity index is 1.48. The van der Waals surface area contributed by atoms with Gasteiger partial charge in [-0.2, -0.15) is 22.9 Å². The molecule has 30 heavy (non-hydrogen) atoms. The fourth-order valence-electron chi connectivity index (χ4n) is 3.28. The van der Waals surface area contributed by atoms with Gasteiger partial charge in [-0.15, -0.1) is 11.8 Å². The number of hydrogen-bond donors (Lipinski definition) is 2. The van der Waals surface area contributed by atoms with Gasteiger partial charge >= 0.3 is 18.0 Å².